The lowest BCUT2D eigenvalue weighted by atomic mass is 9.96. The van der Waals surface area contributed by atoms with E-state index in [4.69, 9.17) is 10.5 Å². The fourth-order valence-corrected chi connectivity index (χ4v) is 3.85. The number of piperidine rings is 1. The highest BCUT2D eigenvalue weighted by Crippen LogP contribution is 2.20. The van der Waals surface area contributed by atoms with Crippen LogP contribution < -0.4 is 17.0 Å². The second-order valence-corrected chi connectivity index (χ2v) is 7.40. The molecule has 3 heterocycles. The van der Waals surface area contributed by atoms with Crippen molar-refractivity contribution in [3.8, 4) is 0 Å². The number of rotatable bonds is 4. The van der Waals surface area contributed by atoms with E-state index in [2.05, 4.69) is 0 Å². The number of nitrogens with zero attached hydrogens (tertiary/aromatic N) is 4. The first-order valence-corrected chi connectivity index (χ1v) is 9.48. The van der Waals surface area contributed by atoms with Gasteiger partial charge in [-0.2, -0.15) is 0 Å². The molecule has 1 unspecified atom stereocenters. The van der Waals surface area contributed by atoms with Crippen LogP contribution in [0.5, 0.6) is 0 Å². The van der Waals surface area contributed by atoms with E-state index in [1.807, 2.05) is 9.80 Å². The Kier molecular flexibility index (Phi) is 5.99. The molecule has 0 aliphatic carbocycles. The number of morpholine rings is 1. The summed E-state index contributed by atoms with van der Waals surface area (Å²) in [5.41, 5.74) is 4.43. The molecule has 2 aliphatic rings. The summed E-state index contributed by atoms with van der Waals surface area (Å²) in [6.45, 7) is 3.42. The van der Waals surface area contributed by atoms with Crippen molar-refractivity contribution in [2.45, 2.75) is 12.8 Å². The molecule has 10 nitrogen and oxygen atoms in total. The molecule has 28 heavy (non-hydrogen) atoms. The zero-order valence-corrected chi connectivity index (χ0v) is 16.3. The summed E-state index contributed by atoms with van der Waals surface area (Å²) in [6, 6.07) is 0. The van der Waals surface area contributed by atoms with Gasteiger partial charge in [-0.15, -0.1) is 0 Å². The van der Waals surface area contributed by atoms with E-state index in [1.165, 1.54) is 14.1 Å². The predicted molar refractivity (Wildman–Crippen MR) is 102 cm³/mol. The third-order valence-electron chi connectivity index (χ3n) is 5.53. The number of nitrogen functional groups attached to an aromatic ring is 1. The molecule has 0 bridgehead atoms. The number of hydrogen-bond acceptors (Lipinski definition) is 7. The molecule has 10 heteroatoms. The van der Waals surface area contributed by atoms with E-state index in [1.54, 1.807) is 0 Å². The normalized spacial score (nSPS) is 20.9. The SMILES string of the molecule is Cn1c(N)c(C(=O)CN2CCCC(C(=O)N3CCOCC3)C2)c(=O)n(C)c1=O. The van der Waals surface area contributed by atoms with Crippen LogP contribution >= 0.6 is 0 Å². The molecule has 2 aliphatic heterocycles. The van der Waals surface area contributed by atoms with Crippen molar-refractivity contribution in [2.75, 3.05) is 51.7 Å². The Morgan fingerprint density at radius 3 is 2.46 bits per heavy atom. The Hall–Kier alpha value is -2.46. The van der Waals surface area contributed by atoms with Gasteiger partial charge in [0.2, 0.25) is 5.91 Å². The van der Waals surface area contributed by atoms with E-state index in [0.717, 1.165) is 22.0 Å². The molecular formula is C18H27N5O5. The smallest absolute Gasteiger partial charge is 0.332 e. The van der Waals surface area contributed by atoms with Crippen LogP contribution in [0.1, 0.15) is 23.2 Å². The lowest BCUT2D eigenvalue weighted by Crippen LogP contribution is -2.49. The first-order chi connectivity index (χ1) is 13.3. The van der Waals surface area contributed by atoms with Gasteiger partial charge in [0.15, 0.2) is 5.78 Å². The number of ether oxygens (including phenoxy) is 1. The number of hydrogen-bond donors (Lipinski definition) is 1. The minimum absolute atomic E-state index is 0.00939. The number of Topliss-reactive ketones (excluding diaryl/α,β-unsaturated/α-hetero) is 1. The third kappa shape index (κ3) is 3.88. The summed E-state index contributed by atoms with van der Waals surface area (Å²) in [5, 5.41) is 0. The Labute approximate surface area is 162 Å². The highest BCUT2D eigenvalue weighted by Gasteiger charge is 2.31. The maximum absolute atomic E-state index is 12.8. The molecule has 3 rings (SSSR count). The molecule has 0 saturated carbocycles. The molecule has 2 N–H and O–H groups in total. The van der Waals surface area contributed by atoms with Crippen LogP contribution in [0.25, 0.3) is 0 Å². The van der Waals surface area contributed by atoms with Gasteiger partial charge in [0.25, 0.3) is 5.56 Å². The van der Waals surface area contributed by atoms with Crippen LogP contribution in [0.4, 0.5) is 5.82 Å². The summed E-state index contributed by atoms with van der Waals surface area (Å²) in [7, 11) is 2.74. The van der Waals surface area contributed by atoms with Crippen molar-refractivity contribution in [2.24, 2.45) is 20.0 Å². The van der Waals surface area contributed by atoms with E-state index in [-0.39, 0.29) is 29.8 Å². The largest absolute Gasteiger partial charge is 0.384 e. The lowest BCUT2D eigenvalue weighted by molar-refractivity contribution is -0.141. The van der Waals surface area contributed by atoms with Gasteiger partial charge in [-0.3, -0.25) is 28.4 Å². The first kappa shape index (κ1) is 20.3. The van der Waals surface area contributed by atoms with Crippen LogP contribution in [0.2, 0.25) is 0 Å². The van der Waals surface area contributed by atoms with Crippen molar-refractivity contribution in [1.82, 2.24) is 18.9 Å². The highest BCUT2D eigenvalue weighted by atomic mass is 16.5. The van der Waals surface area contributed by atoms with Gasteiger partial charge in [0.1, 0.15) is 11.4 Å². The average molecular weight is 393 g/mol. The van der Waals surface area contributed by atoms with Crippen molar-refractivity contribution < 1.29 is 14.3 Å². The molecule has 1 aromatic rings. The number of aromatic nitrogens is 2. The van der Waals surface area contributed by atoms with Gasteiger partial charge in [-0.25, -0.2) is 4.79 Å². The Morgan fingerprint density at radius 1 is 1.11 bits per heavy atom. The zero-order valence-electron chi connectivity index (χ0n) is 16.3. The molecule has 2 fully saturated rings. The summed E-state index contributed by atoms with van der Waals surface area (Å²) in [5.74, 6) is -0.637. The maximum Gasteiger partial charge on any atom is 0.332 e. The van der Waals surface area contributed by atoms with Crippen molar-refractivity contribution in [3.05, 3.63) is 26.4 Å². The number of likely N-dealkylation sites (tertiary alicyclic amines) is 1. The summed E-state index contributed by atoms with van der Waals surface area (Å²) >= 11 is 0. The number of anilines is 1. The topological polar surface area (TPSA) is 120 Å². The van der Waals surface area contributed by atoms with Crippen LogP contribution in [0.15, 0.2) is 9.59 Å². The standard InChI is InChI=1S/C18H27N5O5/c1-20-15(19)14(17(26)21(2)18(20)27)13(24)11-22-5-3-4-12(10-22)16(25)23-6-8-28-9-7-23/h12H,3-11,19H2,1-2H3. The third-order valence-corrected chi connectivity index (χ3v) is 5.53. The van der Waals surface area contributed by atoms with Crippen molar-refractivity contribution in [3.63, 3.8) is 0 Å². The molecule has 0 spiro atoms. The predicted octanol–water partition coefficient (Wildman–Crippen LogP) is -1.58. The number of carbonyl (C=O) groups excluding carboxylic acids is 2. The van der Waals surface area contributed by atoms with Gasteiger partial charge in [0, 0.05) is 33.7 Å². The fourth-order valence-electron chi connectivity index (χ4n) is 3.85. The van der Waals surface area contributed by atoms with Crippen molar-refractivity contribution in [1.29, 1.82) is 0 Å². The Bertz CT molecular complexity index is 884. The monoisotopic (exact) mass is 393 g/mol. The summed E-state index contributed by atoms with van der Waals surface area (Å²) in [4.78, 5) is 53.5. The number of amides is 1. The molecule has 1 amide bonds. The van der Waals surface area contributed by atoms with E-state index in [9.17, 15) is 19.2 Å². The zero-order chi connectivity index (χ0) is 20.4. The minimum Gasteiger partial charge on any atom is -0.384 e. The molecular weight excluding hydrogens is 366 g/mol. The Balaban J connectivity index is 1.72. The fraction of sp³-hybridized carbons (Fsp3) is 0.667. The van der Waals surface area contributed by atoms with E-state index >= 15 is 0 Å². The molecule has 2 saturated heterocycles. The lowest BCUT2D eigenvalue weighted by Gasteiger charge is -2.35. The molecule has 0 radical (unpaired) electrons. The molecule has 1 atom stereocenters. The number of ketones is 1. The Morgan fingerprint density at radius 2 is 1.79 bits per heavy atom. The van der Waals surface area contributed by atoms with Crippen LogP contribution in [0, 0.1) is 5.92 Å². The highest BCUT2D eigenvalue weighted by molar-refractivity contribution is 6.01. The maximum atomic E-state index is 12.8. The number of carbonyl (C=O) groups is 2. The average Bonchev–Trinajstić information content (AvgIpc) is 2.71. The second kappa shape index (κ2) is 8.27. The molecule has 0 aromatic carbocycles. The first-order valence-electron chi connectivity index (χ1n) is 9.48. The van der Waals surface area contributed by atoms with Crippen LogP contribution in [-0.4, -0.2) is 76.6 Å². The van der Waals surface area contributed by atoms with E-state index in [0.29, 0.717) is 39.4 Å². The minimum atomic E-state index is -0.691. The van der Waals surface area contributed by atoms with Gasteiger partial charge < -0.3 is 15.4 Å². The van der Waals surface area contributed by atoms with Crippen LogP contribution in [-0.2, 0) is 23.6 Å². The van der Waals surface area contributed by atoms with Gasteiger partial charge in [0.05, 0.1) is 25.7 Å². The van der Waals surface area contributed by atoms with Crippen molar-refractivity contribution >= 4 is 17.5 Å². The summed E-state index contributed by atoms with van der Waals surface area (Å²) < 4.78 is 7.27. The summed E-state index contributed by atoms with van der Waals surface area (Å²) in [6.07, 6.45) is 1.58. The van der Waals surface area contributed by atoms with Crippen LogP contribution in [0.3, 0.4) is 0 Å². The van der Waals surface area contributed by atoms with Gasteiger partial charge >= 0.3 is 5.69 Å². The second-order valence-electron chi connectivity index (χ2n) is 7.40. The van der Waals surface area contributed by atoms with Gasteiger partial charge in [-0.1, -0.05) is 0 Å². The molecule has 154 valence electrons. The van der Waals surface area contributed by atoms with Gasteiger partial charge in [-0.05, 0) is 19.4 Å². The number of nitrogens with two attached hydrogens (primary N) is 1. The quantitative estimate of drug-likeness (QED) is 0.613. The molecule has 1 aromatic heterocycles. The van der Waals surface area contributed by atoms with E-state index < -0.39 is 17.0 Å².